The highest BCUT2D eigenvalue weighted by Gasteiger charge is 2.23. The monoisotopic (exact) mass is 410 g/mol. The molecule has 4 aromatic rings. The number of pyridine rings is 1. The Bertz CT molecular complexity index is 1200. The predicted octanol–water partition coefficient (Wildman–Crippen LogP) is 4.42. The average molecular weight is 410 g/mol. The van der Waals surface area contributed by atoms with E-state index in [0.29, 0.717) is 11.3 Å². The van der Waals surface area contributed by atoms with Crippen LogP contribution >= 0.6 is 0 Å². The van der Waals surface area contributed by atoms with Crippen LogP contribution < -0.4 is 5.32 Å². The fourth-order valence-electron chi connectivity index (χ4n) is 3.45. The summed E-state index contributed by atoms with van der Waals surface area (Å²) in [5.41, 5.74) is 4.10. The molecule has 5 nitrogen and oxygen atoms in total. The third-order valence-electron chi connectivity index (χ3n) is 5.11. The van der Waals surface area contributed by atoms with E-state index in [1.165, 1.54) is 7.11 Å². The number of esters is 1. The first-order chi connectivity index (χ1) is 15.1. The molecule has 1 atom stereocenters. The highest BCUT2D eigenvalue weighted by molar-refractivity contribution is 5.97. The maximum absolute atomic E-state index is 12.8. The molecule has 3 aromatic carbocycles. The van der Waals surface area contributed by atoms with Crippen LogP contribution in [0.3, 0.4) is 0 Å². The van der Waals surface area contributed by atoms with Crippen molar-refractivity contribution in [1.82, 2.24) is 10.3 Å². The van der Waals surface area contributed by atoms with Crippen molar-refractivity contribution in [3.8, 4) is 11.1 Å². The Kier molecular flexibility index (Phi) is 6.03. The molecule has 0 aliphatic carbocycles. The van der Waals surface area contributed by atoms with Gasteiger partial charge >= 0.3 is 5.97 Å². The van der Waals surface area contributed by atoms with E-state index in [1.807, 2.05) is 78.9 Å². The van der Waals surface area contributed by atoms with Crippen molar-refractivity contribution in [3.63, 3.8) is 0 Å². The van der Waals surface area contributed by atoms with Crippen molar-refractivity contribution in [2.24, 2.45) is 0 Å². The molecule has 0 bridgehead atoms. The summed E-state index contributed by atoms with van der Waals surface area (Å²) in [6.45, 7) is 0. The molecule has 31 heavy (non-hydrogen) atoms. The molecule has 154 valence electrons. The van der Waals surface area contributed by atoms with Crippen molar-refractivity contribution in [3.05, 3.63) is 102 Å². The maximum atomic E-state index is 12.8. The van der Waals surface area contributed by atoms with Gasteiger partial charge in [-0.05, 0) is 35.4 Å². The van der Waals surface area contributed by atoms with Gasteiger partial charge in [-0.3, -0.25) is 9.78 Å². The smallest absolute Gasteiger partial charge is 0.328 e. The lowest BCUT2D eigenvalue weighted by Gasteiger charge is -2.16. The second-order valence-corrected chi connectivity index (χ2v) is 7.19. The quantitative estimate of drug-likeness (QED) is 0.478. The topological polar surface area (TPSA) is 68.3 Å². The number of para-hydroxylation sites is 1. The minimum Gasteiger partial charge on any atom is -0.467 e. The second-order valence-electron chi connectivity index (χ2n) is 7.19. The molecule has 0 saturated heterocycles. The number of benzene rings is 3. The van der Waals surface area contributed by atoms with Gasteiger partial charge in [0.2, 0.25) is 0 Å². The van der Waals surface area contributed by atoms with Crippen molar-refractivity contribution >= 4 is 22.8 Å². The van der Waals surface area contributed by atoms with Gasteiger partial charge < -0.3 is 10.1 Å². The van der Waals surface area contributed by atoms with Crippen molar-refractivity contribution in [2.45, 2.75) is 12.5 Å². The number of nitrogens with zero attached hydrogens (tertiary/aromatic N) is 1. The molecule has 1 heterocycles. The number of hydrogen-bond acceptors (Lipinski definition) is 4. The number of aromatic nitrogens is 1. The number of amides is 1. The minimum absolute atomic E-state index is 0.241. The SMILES string of the molecule is COC(=O)[C@@H](Cc1ccc2ccccc2n1)NC(=O)c1ccc(-c2ccccc2)cc1. The summed E-state index contributed by atoms with van der Waals surface area (Å²) in [5.74, 6) is -0.847. The number of ether oxygens (including phenoxy) is 1. The molecule has 0 aliphatic heterocycles. The van der Waals surface area contributed by atoms with Gasteiger partial charge in [0.15, 0.2) is 0 Å². The second kappa shape index (κ2) is 9.22. The molecule has 5 heteroatoms. The summed E-state index contributed by atoms with van der Waals surface area (Å²) in [4.78, 5) is 29.7. The molecule has 0 aliphatic rings. The van der Waals surface area contributed by atoms with E-state index in [4.69, 9.17) is 4.74 Å². The Morgan fingerprint density at radius 2 is 1.52 bits per heavy atom. The molecule has 1 N–H and O–H groups in total. The van der Waals surface area contributed by atoms with Crippen LogP contribution in [0.25, 0.3) is 22.0 Å². The number of carbonyl (C=O) groups excluding carboxylic acids is 2. The van der Waals surface area contributed by atoms with Crippen LogP contribution in [0, 0.1) is 0 Å². The van der Waals surface area contributed by atoms with Crippen molar-refractivity contribution in [1.29, 1.82) is 0 Å². The van der Waals surface area contributed by atoms with Crippen molar-refractivity contribution in [2.75, 3.05) is 7.11 Å². The number of nitrogens with one attached hydrogen (secondary N) is 1. The van der Waals surface area contributed by atoms with Gasteiger partial charge in [-0.15, -0.1) is 0 Å². The van der Waals surface area contributed by atoms with Crippen LogP contribution in [-0.2, 0) is 16.0 Å². The summed E-state index contributed by atoms with van der Waals surface area (Å²) >= 11 is 0. The molecule has 0 radical (unpaired) electrons. The number of rotatable bonds is 6. The highest BCUT2D eigenvalue weighted by atomic mass is 16.5. The fraction of sp³-hybridized carbons (Fsp3) is 0.115. The van der Waals surface area contributed by atoms with Gasteiger partial charge in [-0.2, -0.15) is 0 Å². The maximum Gasteiger partial charge on any atom is 0.328 e. The molecule has 1 amide bonds. The lowest BCUT2D eigenvalue weighted by atomic mass is 10.0. The zero-order valence-corrected chi connectivity index (χ0v) is 17.1. The molecule has 0 unspecified atom stereocenters. The number of carbonyl (C=O) groups is 2. The molecule has 1 aromatic heterocycles. The normalized spacial score (nSPS) is 11.6. The van der Waals surface area contributed by atoms with Gasteiger partial charge in [0, 0.05) is 23.1 Å². The molecule has 0 spiro atoms. The number of hydrogen-bond donors (Lipinski definition) is 1. The third-order valence-corrected chi connectivity index (χ3v) is 5.11. The number of methoxy groups -OCH3 is 1. The van der Waals surface area contributed by atoms with Gasteiger partial charge in [-0.25, -0.2) is 4.79 Å². The Morgan fingerprint density at radius 1 is 0.839 bits per heavy atom. The molecule has 4 rings (SSSR count). The van der Waals surface area contributed by atoms with E-state index in [-0.39, 0.29) is 12.3 Å². The Morgan fingerprint density at radius 3 is 2.26 bits per heavy atom. The van der Waals surface area contributed by atoms with E-state index >= 15 is 0 Å². The van der Waals surface area contributed by atoms with Crippen LogP contribution in [0.5, 0.6) is 0 Å². The first-order valence-corrected chi connectivity index (χ1v) is 10.0. The Hall–Kier alpha value is -3.99. The van der Waals surface area contributed by atoms with Crippen LogP contribution in [0.2, 0.25) is 0 Å². The summed E-state index contributed by atoms with van der Waals surface area (Å²) in [6, 6.07) is 27.9. The van der Waals surface area contributed by atoms with E-state index < -0.39 is 12.0 Å². The summed E-state index contributed by atoms with van der Waals surface area (Å²) < 4.78 is 4.90. The van der Waals surface area contributed by atoms with Crippen LogP contribution in [0.4, 0.5) is 0 Å². The van der Waals surface area contributed by atoms with E-state index in [1.54, 1.807) is 12.1 Å². The average Bonchev–Trinajstić information content (AvgIpc) is 2.83. The summed E-state index contributed by atoms with van der Waals surface area (Å²) in [5, 5.41) is 3.80. The van der Waals surface area contributed by atoms with E-state index in [0.717, 1.165) is 22.0 Å². The van der Waals surface area contributed by atoms with Gasteiger partial charge in [0.25, 0.3) is 5.91 Å². The van der Waals surface area contributed by atoms with Gasteiger partial charge in [0.1, 0.15) is 6.04 Å². The molecular formula is C26H22N2O3. The first-order valence-electron chi connectivity index (χ1n) is 10.0. The molecule has 0 saturated carbocycles. The summed E-state index contributed by atoms with van der Waals surface area (Å²) in [7, 11) is 1.31. The van der Waals surface area contributed by atoms with Gasteiger partial charge in [0.05, 0.1) is 12.6 Å². The standard InChI is InChI=1S/C26H22N2O3/c1-31-26(30)24(17-22-16-15-20-9-5-6-10-23(20)27-22)28-25(29)21-13-11-19(12-14-21)18-7-3-2-4-8-18/h2-16,24H,17H2,1H3,(H,28,29)/t24-/m1/s1. The van der Waals surface area contributed by atoms with Crippen LogP contribution in [-0.4, -0.2) is 30.0 Å². The largest absolute Gasteiger partial charge is 0.467 e. The minimum atomic E-state index is -0.833. The zero-order valence-electron chi connectivity index (χ0n) is 17.1. The Balaban J connectivity index is 1.50. The first kappa shape index (κ1) is 20.3. The number of fused-ring (bicyclic) bond motifs is 1. The highest BCUT2D eigenvalue weighted by Crippen LogP contribution is 2.19. The molecule has 0 fully saturated rings. The third kappa shape index (κ3) is 4.78. The zero-order chi connectivity index (χ0) is 21.6. The van der Waals surface area contributed by atoms with E-state index in [2.05, 4.69) is 10.3 Å². The lowest BCUT2D eigenvalue weighted by Crippen LogP contribution is -2.43. The lowest BCUT2D eigenvalue weighted by molar-refractivity contribution is -0.142. The van der Waals surface area contributed by atoms with Crippen molar-refractivity contribution < 1.29 is 14.3 Å². The van der Waals surface area contributed by atoms with Crippen LogP contribution in [0.1, 0.15) is 16.1 Å². The Labute approximate surface area is 180 Å². The predicted molar refractivity (Wildman–Crippen MR) is 121 cm³/mol. The van der Waals surface area contributed by atoms with Gasteiger partial charge in [-0.1, -0.05) is 66.7 Å². The summed E-state index contributed by atoms with van der Waals surface area (Å²) in [6.07, 6.45) is 0.241. The van der Waals surface area contributed by atoms with Crippen LogP contribution in [0.15, 0.2) is 91.0 Å². The molecular weight excluding hydrogens is 388 g/mol. The van der Waals surface area contributed by atoms with E-state index in [9.17, 15) is 9.59 Å². The fourth-order valence-corrected chi connectivity index (χ4v) is 3.45.